The molecule has 0 radical (unpaired) electrons. The van der Waals surface area contributed by atoms with Gasteiger partial charge >= 0.3 is 0 Å². The summed E-state index contributed by atoms with van der Waals surface area (Å²) in [6, 6.07) is 20.8. The van der Waals surface area contributed by atoms with Crippen LogP contribution in [-0.2, 0) is 6.61 Å². The van der Waals surface area contributed by atoms with Gasteiger partial charge in [-0.25, -0.2) is 0 Å². The first-order chi connectivity index (χ1) is 13.6. The molecule has 3 aromatic rings. The predicted molar refractivity (Wildman–Crippen MR) is 113 cm³/mol. The monoisotopic (exact) mass is 408 g/mol. The third-order valence-corrected chi connectivity index (χ3v) is 5.72. The highest BCUT2D eigenvalue weighted by atomic mass is 35.5. The Balaban J connectivity index is 1.52. The maximum atomic E-state index is 12.6. The third-order valence-electron chi connectivity index (χ3n) is 4.37. The minimum absolute atomic E-state index is 0.0580. The van der Waals surface area contributed by atoms with E-state index in [0.717, 1.165) is 21.6 Å². The molecule has 1 aliphatic rings. The number of fused-ring (bicyclic) bond motifs is 1. The number of allylic oxidation sites excluding steroid dienone is 1. The van der Waals surface area contributed by atoms with Crippen molar-refractivity contribution in [2.45, 2.75) is 11.5 Å². The van der Waals surface area contributed by atoms with Gasteiger partial charge in [-0.2, -0.15) is 0 Å². The largest absolute Gasteiger partial charge is 0.493 e. The average Bonchev–Trinajstić information content (AvgIpc) is 3.04. The highest BCUT2D eigenvalue weighted by Gasteiger charge is 2.25. The van der Waals surface area contributed by atoms with Crippen molar-refractivity contribution >= 4 is 35.2 Å². The number of thioether (sulfide) groups is 1. The Morgan fingerprint density at radius 2 is 1.79 bits per heavy atom. The zero-order chi connectivity index (χ0) is 19.5. The number of hydrogen-bond acceptors (Lipinski definition) is 4. The van der Waals surface area contributed by atoms with E-state index in [0.29, 0.717) is 28.0 Å². The zero-order valence-corrected chi connectivity index (χ0v) is 16.7. The van der Waals surface area contributed by atoms with Crippen LogP contribution in [-0.4, -0.2) is 12.9 Å². The van der Waals surface area contributed by atoms with Crippen molar-refractivity contribution < 1.29 is 14.3 Å². The van der Waals surface area contributed by atoms with Crippen LogP contribution >= 0.6 is 23.4 Å². The van der Waals surface area contributed by atoms with Crippen LogP contribution in [0.15, 0.2) is 76.5 Å². The van der Waals surface area contributed by atoms with Crippen molar-refractivity contribution in [3.05, 3.63) is 93.3 Å². The van der Waals surface area contributed by atoms with Crippen molar-refractivity contribution in [3.63, 3.8) is 0 Å². The fourth-order valence-corrected chi connectivity index (χ4v) is 4.10. The third kappa shape index (κ3) is 3.93. The number of methoxy groups -OCH3 is 1. The Kier molecular flexibility index (Phi) is 5.42. The second-order valence-corrected chi connectivity index (χ2v) is 7.78. The molecule has 0 N–H and O–H groups in total. The van der Waals surface area contributed by atoms with Crippen LogP contribution in [0.4, 0.5) is 0 Å². The molecule has 28 heavy (non-hydrogen) atoms. The first-order valence-electron chi connectivity index (χ1n) is 8.72. The summed E-state index contributed by atoms with van der Waals surface area (Å²) in [5, 5.41) is 0.695. The molecule has 3 aromatic carbocycles. The number of rotatable bonds is 5. The maximum absolute atomic E-state index is 12.6. The quantitative estimate of drug-likeness (QED) is 0.467. The molecule has 140 valence electrons. The first-order valence-corrected chi connectivity index (χ1v) is 9.92. The van der Waals surface area contributed by atoms with Gasteiger partial charge in [-0.15, -0.1) is 0 Å². The van der Waals surface area contributed by atoms with Gasteiger partial charge in [-0.1, -0.05) is 53.7 Å². The highest BCUT2D eigenvalue weighted by molar-refractivity contribution is 8.04. The lowest BCUT2D eigenvalue weighted by atomic mass is 10.1. The van der Waals surface area contributed by atoms with E-state index >= 15 is 0 Å². The summed E-state index contributed by atoms with van der Waals surface area (Å²) in [6.07, 6.45) is 1.89. The van der Waals surface area contributed by atoms with Crippen molar-refractivity contribution in [3.8, 4) is 11.5 Å². The second-order valence-electron chi connectivity index (χ2n) is 6.26. The van der Waals surface area contributed by atoms with Gasteiger partial charge in [0.25, 0.3) is 0 Å². The molecule has 1 aliphatic heterocycles. The number of ketones is 1. The molecule has 0 saturated heterocycles. The van der Waals surface area contributed by atoms with E-state index in [2.05, 4.69) is 0 Å². The fraction of sp³-hybridized carbons (Fsp3) is 0.0870. The number of ether oxygens (including phenoxy) is 2. The van der Waals surface area contributed by atoms with Crippen LogP contribution in [0, 0.1) is 0 Å². The van der Waals surface area contributed by atoms with Gasteiger partial charge in [0, 0.05) is 15.5 Å². The van der Waals surface area contributed by atoms with Crippen molar-refractivity contribution in [1.29, 1.82) is 0 Å². The molecule has 0 fully saturated rings. The van der Waals surface area contributed by atoms with Crippen LogP contribution in [0.5, 0.6) is 11.5 Å². The van der Waals surface area contributed by atoms with Crippen LogP contribution < -0.4 is 9.47 Å². The SMILES string of the molecule is COc1cc(/C=C2\Sc3ccccc3C2=O)ccc1OCc1ccc(Cl)cc1. The molecule has 0 amide bonds. The molecule has 3 nitrogen and oxygen atoms in total. The van der Waals surface area contributed by atoms with Crippen LogP contribution in [0.1, 0.15) is 21.5 Å². The Morgan fingerprint density at radius 1 is 1.00 bits per heavy atom. The summed E-state index contributed by atoms with van der Waals surface area (Å²) in [5.74, 6) is 1.33. The van der Waals surface area contributed by atoms with Gasteiger partial charge in [0.2, 0.25) is 5.78 Å². The van der Waals surface area contributed by atoms with Gasteiger partial charge in [-0.05, 0) is 53.6 Å². The molecule has 5 heteroatoms. The number of carbonyl (C=O) groups is 1. The molecule has 1 heterocycles. The molecule has 0 aromatic heterocycles. The highest BCUT2D eigenvalue weighted by Crippen LogP contribution is 2.41. The van der Waals surface area contributed by atoms with E-state index in [1.807, 2.05) is 72.8 Å². The average molecular weight is 409 g/mol. The van der Waals surface area contributed by atoms with E-state index in [9.17, 15) is 4.79 Å². The molecular formula is C23H17ClO3S. The zero-order valence-electron chi connectivity index (χ0n) is 15.1. The maximum Gasteiger partial charge on any atom is 0.200 e. The lowest BCUT2D eigenvalue weighted by molar-refractivity contribution is 0.104. The van der Waals surface area contributed by atoms with Gasteiger partial charge in [0.05, 0.1) is 12.0 Å². The van der Waals surface area contributed by atoms with E-state index in [1.54, 1.807) is 7.11 Å². The van der Waals surface area contributed by atoms with E-state index < -0.39 is 0 Å². The summed E-state index contributed by atoms with van der Waals surface area (Å²) >= 11 is 7.41. The van der Waals surface area contributed by atoms with Crippen molar-refractivity contribution in [2.24, 2.45) is 0 Å². The molecule has 4 rings (SSSR count). The lowest BCUT2D eigenvalue weighted by Crippen LogP contribution is -1.98. The summed E-state index contributed by atoms with van der Waals surface area (Å²) < 4.78 is 11.4. The van der Waals surface area contributed by atoms with Crippen LogP contribution in [0.3, 0.4) is 0 Å². The summed E-state index contributed by atoms with van der Waals surface area (Å²) in [5.41, 5.74) is 2.66. The second kappa shape index (κ2) is 8.13. The number of benzene rings is 3. The lowest BCUT2D eigenvalue weighted by Gasteiger charge is -2.11. The smallest absolute Gasteiger partial charge is 0.200 e. The van der Waals surface area contributed by atoms with E-state index in [4.69, 9.17) is 21.1 Å². The summed E-state index contributed by atoms with van der Waals surface area (Å²) in [4.78, 5) is 14.3. The topological polar surface area (TPSA) is 35.5 Å². The number of Topliss-reactive ketones (excluding diaryl/α,β-unsaturated/α-hetero) is 1. The molecule has 0 unspecified atom stereocenters. The molecular weight excluding hydrogens is 392 g/mol. The standard InChI is InChI=1S/C23H17ClO3S/c1-26-20-12-16(13-22-23(25)18-4-2-3-5-21(18)28-22)8-11-19(20)27-14-15-6-9-17(24)10-7-15/h2-13H,14H2,1H3/b22-13-. The minimum Gasteiger partial charge on any atom is -0.493 e. The number of carbonyl (C=O) groups excluding carboxylic acids is 1. The molecule has 0 spiro atoms. The van der Waals surface area contributed by atoms with E-state index in [1.165, 1.54) is 11.8 Å². The fourth-order valence-electron chi connectivity index (χ4n) is 2.92. The van der Waals surface area contributed by atoms with Crippen LogP contribution in [0.2, 0.25) is 5.02 Å². The summed E-state index contributed by atoms with van der Waals surface area (Å²) in [6.45, 7) is 0.414. The van der Waals surface area contributed by atoms with Crippen molar-refractivity contribution in [1.82, 2.24) is 0 Å². The van der Waals surface area contributed by atoms with Gasteiger partial charge in [0.1, 0.15) is 6.61 Å². The molecule has 0 saturated carbocycles. The Morgan fingerprint density at radius 3 is 2.54 bits per heavy atom. The summed E-state index contributed by atoms with van der Waals surface area (Å²) in [7, 11) is 1.60. The predicted octanol–water partition coefficient (Wildman–Crippen LogP) is 6.26. The van der Waals surface area contributed by atoms with Crippen molar-refractivity contribution in [2.75, 3.05) is 7.11 Å². The van der Waals surface area contributed by atoms with E-state index in [-0.39, 0.29) is 5.78 Å². The number of hydrogen-bond donors (Lipinski definition) is 0. The van der Waals surface area contributed by atoms with Gasteiger partial charge in [0.15, 0.2) is 11.5 Å². The Hall–Kier alpha value is -2.69. The Labute approximate surface area is 172 Å². The van der Waals surface area contributed by atoms with Gasteiger partial charge in [-0.3, -0.25) is 4.79 Å². The minimum atomic E-state index is 0.0580. The molecule has 0 aliphatic carbocycles. The molecule has 0 bridgehead atoms. The molecule has 0 atom stereocenters. The van der Waals surface area contributed by atoms with Crippen LogP contribution in [0.25, 0.3) is 6.08 Å². The Bertz CT molecular complexity index is 1060. The number of halogens is 1. The normalized spacial score (nSPS) is 14.2. The first kappa shape index (κ1) is 18.7. The van der Waals surface area contributed by atoms with Gasteiger partial charge < -0.3 is 9.47 Å².